The number of ether oxygens (including phenoxy) is 1. The van der Waals surface area contributed by atoms with Gasteiger partial charge in [0.05, 0.1) is 18.9 Å². The first-order valence-electron chi connectivity index (χ1n) is 5.65. The van der Waals surface area contributed by atoms with E-state index in [9.17, 15) is 4.79 Å². The van der Waals surface area contributed by atoms with Crippen LogP contribution in [0.2, 0.25) is 0 Å². The maximum absolute atomic E-state index is 11.4. The van der Waals surface area contributed by atoms with Gasteiger partial charge in [0.2, 0.25) is 0 Å². The lowest BCUT2D eigenvalue weighted by Crippen LogP contribution is -2.37. The minimum Gasteiger partial charge on any atom is -0.468 e. The van der Waals surface area contributed by atoms with Gasteiger partial charge in [-0.05, 0) is 32.4 Å². The molecule has 0 aliphatic carbocycles. The average Bonchev–Trinajstić information content (AvgIpc) is 2.79. The maximum atomic E-state index is 11.4. The summed E-state index contributed by atoms with van der Waals surface area (Å²) in [5.41, 5.74) is 0. The quantitative estimate of drug-likeness (QED) is 0.754. The van der Waals surface area contributed by atoms with Crippen LogP contribution in [0.15, 0.2) is 22.8 Å². The lowest BCUT2D eigenvalue weighted by atomic mass is 10.1. The van der Waals surface area contributed by atoms with Gasteiger partial charge in [-0.25, -0.2) is 0 Å². The van der Waals surface area contributed by atoms with E-state index in [-0.39, 0.29) is 18.1 Å². The third kappa shape index (κ3) is 3.38. The van der Waals surface area contributed by atoms with Crippen LogP contribution in [0.25, 0.3) is 0 Å². The van der Waals surface area contributed by atoms with Crippen molar-refractivity contribution >= 4 is 5.97 Å². The molecule has 0 spiro atoms. The zero-order valence-corrected chi connectivity index (χ0v) is 10.0. The molecule has 0 saturated heterocycles. The van der Waals surface area contributed by atoms with Gasteiger partial charge in [-0.1, -0.05) is 6.92 Å². The molecule has 0 saturated carbocycles. The molecule has 2 unspecified atom stereocenters. The molecular weight excluding hydrogens is 206 g/mol. The van der Waals surface area contributed by atoms with Crippen LogP contribution in [0.5, 0.6) is 0 Å². The fraction of sp³-hybridized carbons (Fsp3) is 0.583. The van der Waals surface area contributed by atoms with Crippen LogP contribution in [0.4, 0.5) is 0 Å². The average molecular weight is 225 g/mol. The van der Waals surface area contributed by atoms with Crippen molar-refractivity contribution in [2.45, 2.75) is 39.3 Å². The molecule has 1 aromatic rings. The highest BCUT2D eigenvalue weighted by Crippen LogP contribution is 2.17. The maximum Gasteiger partial charge on any atom is 0.322 e. The molecule has 0 bridgehead atoms. The van der Waals surface area contributed by atoms with Crippen molar-refractivity contribution in [3.8, 4) is 0 Å². The molecule has 0 fully saturated rings. The number of carbonyl (C=O) groups is 1. The fourth-order valence-electron chi connectivity index (χ4n) is 1.53. The van der Waals surface area contributed by atoms with Gasteiger partial charge in [0.15, 0.2) is 0 Å². The van der Waals surface area contributed by atoms with Crippen molar-refractivity contribution in [1.82, 2.24) is 5.32 Å². The van der Waals surface area contributed by atoms with Crippen molar-refractivity contribution in [3.63, 3.8) is 0 Å². The Bertz CT molecular complexity index is 308. The summed E-state index contributed by atoms with van der Waals surface area (Å²) in [6, 6.07) is 3.47. The summed E-state index contributed by atoms with van der Waals surface area (Å²) >= 11 is 0. The van der Waals surface area contributed by atoms with Gasteiger partial charge in [-0.2, -0.15) is 0 Å². The third-order valence-corrected chi connectivity index (χ3v) is 2.39. The molecular formula is C12H19NO3. The lowest BCUT2D eigenvalue weighted by Gasteiger charge is -2.19. The fourth-order valence-corrected chi connectivity index (χ4v) is 1.53. The van der Waals surface area contributed by atoms with Crippen molar-refractivity contribution < 1.29 is 13.9 Å². The number of hydrogen-bond acceptors (Lipinski definition) is 4. The summed E-state index contributed by atoms with van der Waals surface area (Å²) in [6.07, 6.45) is 2.49. The number of nitrogens with one attached hydrogen (secondary N) is 1. The molecule has 90 valence electrons. The van der Waals surface area contributed by atoms with E-state index in [1.165, 1.54) is 0 Å². The van der Waals surface area contributed by atoms with Gasteiger partial charge in [-0.3, -0.25) is 10.1 Å². The number of hydrogen-bond donors (Lipinski definition) is 1. The van der Waals surface area contributed by atoms with Gasteiger partial charge in [0.1, 0.15) is 11.8 Å². The second-order valence-electron chi connectivity index (χ2n) is 3.62. The van der Waals surface area contributed by atoms with Crippen molar-refractivity contribution in [1.29, 1.82) is 0 Å². The van der Waals surface area contributed by atoms with Crippen LogP contribution in [0, 0.1) is 0 Å². The summed E-state index contributed by atoms with van der Waals surface area (Å²) in [5, 5.41) is 3.19. The Morgan fingerprint density at radius 1 is 1.56 bits per heavy atom. The molecule has 2 atom stereocenters. The van der Waals surface area contributed by atoms with Gasteiger partial charge in [0.25, 0.3) is 0 Å². The van der Waals surface area contributed by atoms with E-state index in [2.05, 4.69) is 5.32 Å². The van der Waals surface area contributed by atoms with E-state index < -0.39 is 0 Å². The van der Waals surface area contributed by atoms with E-state index >= 15 is 0 Å². The topological polar surface area (TPSA) is 51.5 Å². The molecule has 0 radical (unpaired) electrons. The van der Waals surface area contributed by atoms with Crippen LogP contribution < -0.4 is 5.32 Å². The highest BCUT2D eigenvalue weighted by molar-refractivity contribution is 5.75. The molecule has 1 aromatic heterocycles. The largest absolute Gasteiger partial charge is 0.468 e. The SMILES string of the molecule is CCOC(=O)C(C)NC(CC)c1ccco1. The molecule has 0 amide bonds. The Hall–Kier alpha value is -1.29. The van der Waals surface area contributed by atoms with E-state index in [1.807, 2.05) is 19.1 Å². The molecule has 1 N–H and O–H groups in total. The molecule has 1 heterocycles. The summed E-state index contributed by atoms with van der Waals surface area (Å²) in [5.74, 6) is 0.617. The highest BCUT2D eigenvalue weighted by atomic mass is 16.5. The molecule has 4 heteroatoms. The summed E-state index contributed by atoms with van der Waals surface area (Å²) in [7, 11) is 0. The van der Waals surface area contributed by atoms with Gasteiger partial charge < -0.3 is 9.15 Å². The first-order valence-corrected chi connectivity index (χ1v) is 5.65. The van der Waals surface area contributed by atoms with Gasteiger partial charge in [0, 0.05) is 0 Å². The normalized spacial score (nSPS) is 14.4. The minimum atomic E-state index is -0.324. The Labute approximate surface area is 96.0 Å². The first-order chi connectivity index (χ1) is 7.69. The van der Waals surface area contributed by atoms with Crippen LogP contribution >= 0.6 is 0 Å². The molecule has 0 aliphatic heterocycles. The van der Waals surface area contributed by atoms with Crippen LogP contribution in [-0.2, 0) is 9.53 Å². The van der Waals surface area contributed by atoms with Crippen LogP contribution in [0.3, 0.4) is 0 Å². The predicted molar refractivity (Wildman–Crippen MR) is 61.0 cm³/mol. The molecule has 0 aromatic carbocycles. The number of furan rings is 1. The number of rotatable bonds is 6. The Kier molecular flexibility index (Phi) is 5.05. The Morgan fingerprint density at radius 2 is 2.31 bits per heavy atom. The first kappa shape index (κ1) is 12.8. The summed E-state index contributed by atoms with van der Waals surface area (Å²) in [6.45, 7) is 6.04. The third-order valence-electron chi connectivity index (χ3n) is 2.39. The number of esters is 1. The molecule has 4 nitrogen and oxygen atoms in total. The molecule has 1 rings (SSSR count). The zero-order valence-electron chi connectivity index (χ0n) is 10.0. The van der Waals surface area contributed by atoms with E-state index in [1.54, 1.807) is 20.1 Å². The predicted octanol–water partition coefficient (Wildman–Crippen LogP) is 2.27. The molecule has 16 heavy (non-hydrogen) atoms. The monoisotopic (exact) mass is 225 g/mol. The standard InChI is InChI=1S/C12H19NO3/c1-4-10(11-7-6-8-16-11)13-9(3)12(14)15-5-2/h6-10,13H,4-5H2,1-3H3. The summed E-state index contributed by atoms with van der Waals surface area (Å²) < 4.78 is 10.2. The van der Waals surface area contributed by atoms with Gasteiger partial charge in [-0.15, -0.1) is 0 Å². The van der Waals surface area contributed by atoms with E-state index in [0.29, 0.717) is 6.61 Å². The highest BCUT2D eigenvalue weighted by Gasteiger charge is 2.20. The van der Waals surface area contributed by atoms with Crippen molar-refractivity contribution in [2.75, 3.05) is 6.61 Å². The van der Waals surface area contributed by atoms with Crippen molar-refractivity contribution in [2.24, 2.45) is 0 Å². The second-order valence-corrected chi connectivity index (χ2v) is 3.62. The zero-order chi connectivity index (χ0) is 12.0. The Morgan fingerprint density at radius 3 is 2.81 bits per heavy atom. The van der Waals surface area contributed by atoms with Crippen molar-refractivity contribution in [3.05, 3.63) is 24.2 Å². The smallest absolute Gasteiger partial charge is 0.322 e. The minimum absolute atomic E-state index is 0.0504. The van der Waals surface area contributed by atoms with Gasteiger partial charge >= 0.3 is 5.97 Å². The van der Waals surface area contributed by atoms with Crippen LogP contribution in [0.1, 0.15) is 39.0 Å². The Balaban J connectivity index is 2.54. The number of carbonyl (C=O) groups excluding carboxylic acids is 1. The summed E-state index contributed by atoms with van der Waals surface area (Å²) in [4.78, 5) is 11.4. The molecule has 0 aliphatic rings. The lowest BCUT2D eigenvalue weighted by molar-refractivity contribution is -0.145. The van der Waals surface area contributed by atoms with E-state index in [4.69, 9.17) is 9.15 Å². The second kappa shape index (κ2) is 6.33. The van der Waals surface area contributed by atoms with Crippen LogP contribution in [-0.4, -0.2) is 18.6 Å². The van der Waals surface area contributed by atoms with E-state index in [0.717, 1.165) is 12.2 Å².